The molecular formula is C13H16N4. The predicted octanol–water partition coefficient (Wildman–Crippen LogP) is 2.53. The number of aromatic nitrogens is 3. The number of benzene rings is 1. The van der Waals surface area contributed by atoms with E-state index < -0.39 is 0 Å². The van der Waals surface area contributed by atoms with Crippen molar-refractivity contribution < 1.29 is 0 Å². The minimum atomic E-state index is 0.753. The van der Waals surface area contributed by atoms with Crippen molar-refractivity contribution in [3.05, 3.63) is 36.2 Å². The summed E-state index contributed by atoms with van der Waals surface area (Å²) >= 11 is 0. The summed E-state index contributed by atoms with van der Waals surface area (Å²) in [4.78, 5) is 4.15. The summed E-state index contributed by atoms with van der Waals surface area (Å²) in [6, 6.07) is 8.40. The van der Waals surface area contributed by atoms with E-state index in [-0.39, 0.29) is 0 Å². The highest BCUT2D eigenvalue weighted by Gasteiger charge is 2.06. The largest absolute Gasteiger partial charge is 0.371 e. The van der Waals surface area contributed by atoms with Crippen LogP contribution in [-0.2, 0) is 6.42 Å². The van der Waals surface area contributed by atoms with Crippen molar-refractivity contribution in [3.8, 4) is 11.3 Å². The van der Waals surface area contributed by atoms with Crippen molar-refractivity contribution in [2.75, 3.05) is 12.4 Å². The highest BCUT2D eigenvalue weighted by atomic mass is 15.2. The second-order valence-corrected chi connectivity index (χ2v) is 3.85. The molecule has 0 aliphatic rings. The van der Waals surface area contributed by atoms with Crippen LogP contribution in [0.2, 0.25) is 0 Å². The monoisotopic (exact) mass is 228 g/mol. The van der Waals surface area contributed by atoms with Crippen molar-refractivity contribution in [2.24, 2.45) is 0 Å². The first-order valence-electron chi connectivity index (χ1n) is 5.80. The van der Waals surface area contributed by atoms with Gasteiger partial charge in [-0.2, -0.15) is 0 Å². The Kier molecular flexibility index (Phi) is 3.65. The third-order valence-corrected chi connectivity index (χ3v) is 2.62. The Balaban J connectivity index is 2.33. The topological polar surface area (TPSA) is 50.7 Å². The van der Waals surface area contributed by atoms with Crippen molar-refractivity contribution in [1.29, 1.82) is 0 Å². The van der Waals surface area contributed by atoms with Crippen LogP contribution in [0.3, 0.4) is 0 Å². The summed E-state index contributed by atoms with van der Waals surface area (Å²) in [6.45, 7) is 2.18. The van der Waals surface area contributed by atoms with Crippen LogP contribution < -0.4 is 5.32 Å². The van der Waals surface area contributed by atoms with E-state index in [0.717, 1.165) is 29.9 Å². The highest BCUT2D eigenvalue weighted by Crippen LogP contribution is 2.22. The van der Waals surface area contributed by atoms with E-state index in [1.165, 1.54) is 11.9 Å². The maximum absolute atomic E-state index is 4.15. The fourth-order valence-corrected chi connectivity index (χ4v) is 1.77. The number of nitrogens with zero attached hydrogens (tertiary/aromatic N) is 3. The molecule has 1 aromatic heterocycles. The first-order chi connectivity index (χ1) is 8.35. The Morgan fingerprint density at radius 2 is 1.94 bits per heavy atom. The average Bonchev–Trinajstić information content (AvgIpc) is 2.40. The molecule has 4 nitrogen and oxygen atoms in total. The Labute approximate surface area is 101 Å². The van der Waals surface area contributed by atoms with Gasteiger partial charge in [-0.05, 0) is 12.0 Å². The summed E-state index contributed by atoms with van der Waals surface area (Å²) in [5.74, 6) is 0.753. The smallest absolute Gasteiger partial charge is 0.156 e. The number of rotatable bonds is 4. The van der Waals surface area contributed by atoms with Crippen LogP contribution in [0.4, 0.5) is 5.82 Å². The molecule has 88 valence electrons. The summed E-state index contributed by atoms with van der Waals surface area (Å²) in [5, 5.41) is 11.0. The Bertz CT molecular complexity index is 479. The van der Waals surface area contributed by atoms with Gasteiger partial charge in [-0.25, -0.2) is 4.98 Å². The zero-order valence-electron chi connectivity index (χ0n) is 10.1. The second-order valence-electron chi connectivity index (χ2n) is 3.85. The predicted molar refractivity (Wildman–Crippen MR) is 68.8 cm³/mol. The lowest BCUT2D eigenvalue weighted by Gasteiger charge is -2.06. The molecule has 0 amide bonds. The first kappa shape index (κ1) is 11.5. The SMILES string of the molecule is CCCc1ccc(-c2nncnc2NC)cc1. The van der Waals surface area contributed by atoms with Crippen LogP contribution in [0.15, 0.2) is 30.6 Å². The molecule has 1 heterocycles. The van der Waals surface area contributed by atoms with Gasteiger partial charge < -0.3 is 5.32 Å². The fourth-order valence-electron chi connectivity index (χ4n) is 1.77. The van der Waals surface area contributed by atoms with E-state index in [0.29, 0.717) is 0 Å². The molecule has 1 N–H and O–H groups in total. The van der Waals surface area contributed by atoms with Gasteiger partial charge in [-0.1, -0.05) is 37.6 Å². The number of nitrogens with one attached hydrogen (secondary N) is 1. The van der Waals surface area contributed by atoms with E-state index in [2.05, 4.69) is 51.7 Å². The van der Waals surface area contributed by atoms with Gasteiger partial charge in [0.25, 0.3) is 0 Å². The number of hydrogen-bond acceptors (Lipinski definition) is 4. The number of anilines is 1. The molecule has 0 saturated heterocycles. The summed E-state index contributed by atoms with van der Waals surface area (Å²) in [7, 11) is 1.83. The third-order valence-electron chi connectivity index (χ3n) is 2.62. The molecule has 0 unspecified atom stereocenters. The van der Waals surface area contributed by atoms with E-state index in [9.17, 15) is 0 Å². The Hall–Kier alpha value is -1.97. The van der Waals surface area contributed by atoms with Crippen molar-refractivity contribution in [1.82, 2.24) is 15.2 Å². The van der Waals surface area contributed by atoms with E-state index in [1.54, 1.807) is 0 Å². The van der Waals surface area contributed by atoms with Crippen molar-refractivity contribution >= 4 is 5.82 Å². The maximum atomic E-state index is 4.15. The molecule has 0 fully saturated rings. The van der Waals surface area contributed by atoms with Gasteiger partial charge in [0.1, 0.15) is 12.0 Å². The zero-order chi connectivity index (χ0) is 12.1. The molecule has 0 saturated carbocycles. The molecule has 0 atom stereocenters. The summed E-state index contributed by atoms with van der Waals surface area (Å²) in [6.07, 6.45) is 3.71. The van der Waals surface area contributed by atoms with E-state index in [1.807, 2.05) is 7.05 Å². The molecule has 4 heteroatoms. The lowest BCUT2D eigenvalue weighted by atomic mass is 10.1. The third kappa shape index (κ3) is 2.58. The zero-order valence-corrected chi connectivity index (χ0v) is 10.1. The molecular weight excluding hydrogens is 212 g/mol. The molecule has 0 spiro atoms. The van der Waals surface area contributed by atoms with Gasteiger partial charge in [-0.15, -0.1) is 10.2 Å². The normalized spacial score (nSPS) is 10.2. The van der Waals surface area contributed by atoms with Crippen LogP contribution in [0, 0.1) is 0 Å². The maximum Gasteiger partial charge on any atom is 0.156 e. The number of aryl methyl sites for hydroxylation is 1. The molecule has 1 aromatic carbocycles. The van der Waals surface area contributed by atoms with Gasteiger partial charge in [0.15, 0.2) is 5.82 Å². The summed E-state index contributed by atoms with van der Waals surface area (Å²) < 4.78 is 0. The minimum absolute atomic E-state index is 0.753. The van der Waals surface area contributed by atoms with Crippen molar-refractivity contribution in [2.45, 2.75) is 19.8 Å². The van der Waals surface area contributed by atoms with Gasteiger partial charge in [0, 0.05) is 12.6 Å². The van der Waals surface area contributed by atoms with Crippen LogP contribution in [-0.4, -0.2) is 22.2 Å². The van der Waals surface area contributed by atoms with Gasteiger partial charge in [0.05, 0.1) is 0 Å². The Morgan fingerprint density at radius 1 is 1.18 bits per heavy atom. The standard InChI is InChI=1S/C13H16N4/c1-3-4-10-5-7-11(8-6-10)12-13(14-2)15-9-16-17-12/h5-9H,3-4H2,1-2H3,(H,14,15,16). The quantitative estimate of drug-likeness (QED) is 0.873. The fraction of sp³-hybridized carbons (Fsp3) is 0.308. The van der Waals surface area contributed by atoms with Crippen LogP contribution >= 0.6 is 0 Å². The second kappa shape index (κ2) is 5.39. The highest BCUT2D eigenvalue weighted by molar-refractivity contribution is 5.70. The van der Waals surface area contributed by atoms with E-state index >= 15 is 0 Å². The van der Waals surface area contributed by atoms with Gasteiger partial charge in [0.2, 0.25) is 0 Å². The average molecular weight is 228 g/mol. The van der Waals surface area contributed by atoms with Crippen LogP contribution in [0.1, 0.15) is 18.9 Å². The molecule has 0 radical (unpaired) electrons. The lowest BCUT2D eigenvalue weighted by molar-refractivity contribution is 0.921. The van der Waals surface area contributed by atoms with Gasteiger partial charge >= 0.3 is 0 Å². The van der Waals surface area contributed by atoms with Crippen LogP contribution in [0.25, 0.3) is 11.3 Å². The number of hydrogen-bond donors (Lipinski definition) is 1. The lowest BCUT2D eigenvalue weighted by Crippen LogP contribution is -1.99. The van der Waals surface area contributed by atoms with Crippen molar-refractivity contribution in [3.63, 3.8) is 0 Å². The van der Waals surface area contributed by atoms with Crippen LogP contribution in [0.5, 0.6) is 0 Å². The van der Waals surface area contributed by atoms with Gasteiger partial charge in [-0.3, -0.25) is 0 Å². The first-order valence-corrected chi connectivity index (χ1v) is 5.80. The van der Waals surface area contributed by atoms with E-state index in [4.69, 9.17) is 0 Å². The molecule has 2 aromatic rings. The molecule has 0 aliphatic carbocycles. The molecule has 0 bridgehead atoms. The molecule has 17 heavy (non-hydrogen) atoms. The molecule has 0 aliphatic heterocycles. The molecule has 2 rings (SSSR count). The summed E-state index contributed by atoms with van der Waals surface area (Å²) in [5.41, 5.74) is 3.17. The minimum Gasteiger partial charge on any atom is -0.371 e. The Morgan fingerprint density at radius 3 is 2.59 bits per heavy atom.